The Morgan fingerprint density at radius 2 is 1.91 bits per heavy atom. The van der Waals surface area contributed by atoms with E-state index in [1.165, 1.54) is 32.1 Å². The second-order valence-corrected chi connectivity index (χ2v) is 3.52. The second-order valence-electron chi connectivity index (χ2n) is 3.52. The first-order valence-electron chi connectivity index (χ1n) is 4.65. The monoisotopic (exact) mass is 154 g/mol. The van der Waals surface area contributed by atoms with Crippen molar-refractivity contribution < 1.29 is 5.11 Å². The third kappa shape index (κ3) is 3.57. The van der Waals surface area contributed by atoms with Gasteiger partial charge in [0, 0.05) is 0 Å². The van der Waals surface area contributed by atoms with E-state index in [1.54, 1.807) is 6.92 Å². The number of aliphatic hydroxyl groups is 1. The molecule has 11 heavy (non-hydrogen) atoms. The molecule has 0 aromatic carbocycles. The van der Waals surface area contributed by atoms with E-state index in [4.69, 9.17) is 5.11 Å². The molecule has 1 fully saturated rings. The molecule has 0 aromatic heterocycles. The van der Waals surface area contributed by atoms with Crippen LogP contribution in [0.25, 0.3) is 0 Å². The minimum atomic E-state index is -0.267. The van der Waals surface area contributed by atoms with Gasteiger partial charge in [0.25, 0.3) is 0 Å². The first kappa shape index (κ1) is 8.79. The van der Waals surface area contributed by atoms with E-state index in [9.17, 15) is 0 Å². The van der Waals surface area contributed by atoms with Crippen LogP contribution in [0.3, 0.4) is 0 Å². The van der Waals surface area contributed by atoms with Crippen molar-refractivity contribution in [3.63, 3.8) is 0 Å². The summed E-state index contributed by atoms with van der Waals surface area (Å²) in [6.07, 6.45) is 10.6. The van der Waals surface area contributed by atoms with Crippen LogP contribution in [0.1, 0.15) is 39.0 Å². The van der Waals surface area contributed by atoms with Crippen molar-refractivity contribution in [2.45, 2.75) is 45.1 Å². The SMILES string of the molecule is CC(O)C=CC1CCCCC1. The van der Waals surface area contributed by atoms with Crippen LogP contribution in [0, 0.1) is 5.92 Å². The quantitative estimate of drug-likeness (QED) is 0.606. The molecule has 1 heteroatoms. The average Bonchev–Trinajstić information content (AvgIpc) is 2.03. The topological polar surface area (TPSA) is 20.2 Å². The fourth-order valence-corrected chi connectivity index (χ4v) is 1.64. The van der Waals surface area contributed by atoms with Crippen molar-refractivity contribution in [3.8, 4) is 0 Å². The predicted molar refractivity (Wildman–Crippen MR) is 47.4 cm³/mol. The summed E-state index contributed by atoms with van der Waals surface area (Å²) < 4.78 is 0. The van der Waals surface area contributed by atoms with Crippen molar-refractivity contribution >= 4 is 0 Å². The van der Waals surface area contributed by atoms with Gasteiger partial charge in [-0.3, -0.25) is 0 Å². The third-order valence-corrected chi connectivity index (χ3v) is 2.31. The minimum Gasteiger partial charge on any atom is -0.389 e. The van der Waals surface area contributed by atoms with Crippen molar-refractivity contribution in [1.82, 2.24) is 0 Å². The van der Waals surface area contributed by atoms with Gasteiger partial charge in [-0.05, 0) is 25.7 Å². The number of allylic oxidation sites excluding steroid dienone is 1. The first-order chi connectivity index (χ1) is 5.29. The van der Waals surface area contributed by atoms with Crippen molar-refractivity contribution in [1.29, 1.82) is 0 Å². The molecule has 1 aliphatic rings. The average molecular weight is 154 g/mol. The molecule has 1 N–H and O–H groups in total. The van der Waals surface area contributed by atoms with Gasteiger partial charge in [-0.2, -0.15) is 0 Å². The van der Waals surface area contributed by atoms with E-state index in [1.807, 2.05) is 6.08 Å². The lowest BCUT2D eigenvalue weighted by atomic mass is 9.89. The van der Waals surface area contributed by atoms with Gasteiger partial charge in [0.2, 0.25) is 0 Å². The molecule has 0 spiro atoms. The van der Waals surface area contributed by atoms with Gasteiger partial charge >= 0.3 is 0 Å². The molecular weight excluding hydrogens is 136 g/mol. The molecular formula is C10H18O. The van der Waals surface area contributed by atoms with Crippen LogP contribution in [-0.2, 0) is 0 Å². The summed E-state index contributed by atoms with van der Waals surface area (Å²) in [6, 6.07) is 0. The van der Waals surface area contributed by atoms with Crippen molar-refractivity contribution in [2.24, 2.45) is 5.92 Å². The smallest absolute Gasteiger partial charge is 0.0692 e. The molecule has 1 aliphatic carbocycles. The van der Waals surface area contributed by atoms with Crippen LogP contribution in [0.2, 0.25) is 0 Å². The van der Waals surface area contributed by atoms with Crippen LogP contribution >= 0.6 is 0 Å². The maximum absolute atomic E-state index is 9.00. The lowest BCUT2D eigenvalue weighted by Crippen LogP contribution is -2.04. The van der Waals surface area contributed by atoms with Gasteiger partial charge in [0.05, 0.1) is 6.10 Å². The van der Waals surface area contributed by atoms with Gasteiger partial charge in [-0.25, -0.2) is 0 Å². The molecule has 1 nitrogen and oxygen atoms in total. The van der Waals surface area contributed by atoms with Crippen LogP contribution in [0.15, 0.2) is 12.2 Å². The molecule has 0 radical (unpaired) electrons. The van der Waals surface area contributed by atoms with E-state index in [-0.39, 0.29) is 6.10 Å². The highest BCUT2D eigenvalue weighted by Gasteiger charge is 2.09. The zero-order chi connectivity index (χ0) is 8.10. The maximum atomic E-state index is 9.00. The number of hydrogen-bond acceptors (Lipinski definition) is 1. The molecule has 1 unspecified atom stereocenters. The van der Waals surface area contributed by atoms with E-state index >= 15 is 0 Å². The van der Waals surface area contributed by atoms with Gasteiger partial charge in [-0.1, -0.05) is 31.4 Å². The van der Waals surface area contributed by atoms with E-state index in [0.29, 0.717) is 0 Å². The molecule has 0 aromatic rings. The lowest BCUT2D eigenvalue weighted by Gasteiger charge is -2.17. The molecule has 1 rings (SSSR count). The Morgan fingerprint density at radius 3 is 2.45 bits per heavy atom. The van der Waals surface area contributed by atoms with Crippen LogP contribution < -0.4 is 0 Å². The van der Waals surface area contributed by atoms with E-state index < -0.39 is 0 Å². The highest BCUT2D eigenvalue weighted by atomic mass is 16.3. The highest BCUT2D eigenvalue weighted by Crippen LogP contribution is 2.24. The third-order valence-electron chi connectivity index (χ3n) is 2.31. The number of rotatable bonds is 2. The zero-order valence-corrected chi connectivity index (χ0v) is 7.29. The Labute approximate surface area is 69.1 Å². The maximum Gasteiger partial charge on any atom is 0.0692 e. The van der Waals surface area contributed by atoms with Gasteiger partial charge in [0.15, 0.2) is 0 Å². The summed E-state index contributed by atoms with van der Waals surface area (Å²) in [5, 5.41) is 9.00. The summed E-state index contributed by atoms with van der Waals surface area (Å²) in [4.78, 5) is 0. The Balaban J connectivity index is 2.23. The molecule has 0 heterocycles. The normalized spacial score (nSPS) is 24.2. The molecule has 0 saturated heterocycles. The number of hydrogen-bond donors (Lipinski definition) is 1. The highest BCUT2D eigenvalue weighted by molar-refractivity contribution is 4.92. The minimum absolute atomic E-state index is 0.267. The molecule has 0 bridgehead atoms. The molecule has 1 atom stereocenters. The fraction of sp³-hybridized carbons (Fsp3) is 0.800. The van der Waals surface area contributed by atoms with Crippen LogP contribution in [0.4, 0.5) is 0 Å². The molecule has 0 amide bonds. The van der Waals surface area contributed by atoms with Gasteiger partial charge < -0.3 is 5.11 Å². The summed E-state index contributed by atoms with van der Waals surface area (Å²) >= 11 is 0. The standard InChI is InChI=1S/C10H18O/c1-9(11)7-8-10-5-3-2-4-6-10/h7-11H,2-6H2,1H3. The first-order valence-corrected chi connectivity index (χ1v) is 4.65. The zero-order valence-electron chi connectivity index (χ0n) is 7.29. The van der Waals surface area contributed by atoms with Crippen molar-refractivity contribution in [3.05, 3.63) is 12.2 Å². The molecule has 1 saturated carbocycles. The lowest BCUT2D eigenvalue weighted by molar-refractivity contribution is 0.242. The molecule has 0 aliphatic heterocycles. The van der Waals surface area contributed by atoms with Crippen LogP contribution in [-0.4, -0.2) is 11.2 Å². The summed E-state index contributed by atoms with van der Waals surface area (Å²) in [7, 11) is 0. The number of aliphatic hydroxyl groups excluding tert-OH is 1. The largest absolute Gasteiger partial charge is 0.389 e. The Bertz CT molecular complexity index is 121. The summed E-state index contributed by atoms with van der Waals surface area (Å²) in [6.45, 7) is 1.80. The second kappa shape index (κ2) is 4.55. The Kier molecular flexibility index (Phi) is 3.64. The summed E-state index contributed by atoms with van der Waals surface area (Å²) in [5.74, 6) is 0.748. The molecule has 64 valence electrons. The Morgan fingerprint density at radius 1 is 1.27 bits per heavy atom. The predicted octanol–water partition coefficient (Wildman–Crippen LogP) is 2.50. The van der Waals surface area contributed by atoms with E-state index in [0.717, 1.165) is 5.92 Å². The van der Waals surface area contributed by atoms with Crippen molar-refractivity contribution in [2.75, 3.05) is 0 Å². The van der Waals surface area contributed by atoms with Crippen LogP contribution in [0.5, 0.6) is 0 Å². The van der Waals surface area contributed by atoms with Gasteiger partial charge in [-0.15, -0.1) is 0 Å². The Hall–Kier alpha value is -0.300. The van der Waals surface area contributed by atoms with E-state index in [2.05, 4.69) is 6.08 Å². The fourth-order valence-electron chi connectivity index (χ4n) is 1.64. The van der Waals surface area contributed by atoms with Gasteiger partial charge in [0.1, 0.15) is 0 Å². The summed E-state index contributed by atoms with van der Waals surface area (Å²) in [5.41, 5.74) is 0.